The van der Waals surface area contributed by atoms with Crippen molar-refractivity contribution < 1.29 is 13.7 Å². The number of nitrogens with one attached hydrogen (secondary N) is 2. The first-order chi connectivity index (χ1) is 15.4. The number of fused-ring (bicyclic) bond motifs is 1. The summed E-state index contributed by atoms with van der Waals surface area (Å²) >= 11 is -1.60. The van der Waals surface area contributed by atoms with Crippen molar-refractivity contribution in [2.75, 3.05) is 30.3 Å². The van der Waals surface area contributed by atoms with Gasteiger partial charge in [0.25, 0.3) is 5.91 Å². The van der Waals surface area contributed by atoms with Crippen LogP contribution < -0.4 is 25.4 Å². The highest BCUT2D eigenvalue weighted by atomic mass is 32.2. The van der Waals surface area contributed by atoms with Crippen LogP contribution in [-0.4, -0.2) is 47.2 Å². The van der Waals surface area contributed by atoms with Crippen LogP contribution in [0.25, 0.3) is 0 Å². The van der Waals surface area contributed by atoms with Crippen LogP contribution >= 0.6 is 0 Å². The van der Waals surface area contributed by atoms with Gasteiger partial charge in [0, 0.05) is 25.9 Å². The third kappa shape index (κ3) is 4.69. The summed E-state index contributed by atoms with van der Waals surface area (Å²) in [6, 6.07) is 8.90. The minimum Gasteiger partial charge on any atom is -0.490 e. The molecule has 0 bridgehead atoms. The monoisotopic (exact) mass is 456 g/mol. The second-order valence-corrected chi connectivity index (χ2v) is 9.27. The number of pyridine rings is 1. The van der Waals surface area contributed by atoms with Gasteiger partial charge in [-0.15, -0.1) is 0 Å². The number of carbonyl (C=O) groups excluding carboxylic acids is 1. The molecule has 10 heteroatoms. The van der Waals surface area contributed by atoms with Crippen molar-refractivity contribution in [2.45, 2.75) is 37.6 Å². The fourth-order valence-electron chi connectivity index (χ4n) is 4.12. The Morgan fingerprint density at radius 1 is 1.28 bits per heavy atom. The maximum absolute atomic E-state index is 13.1. The molecule has 1 fully saturated rings. The fourth-order valence-corrected chi connectivity index (χ4v) is 4.79. The van der Waals surface area contributed by atoms with Crippen molar-refractivity contribution in [1.29, 1.82) is 0 Å². The number of rotatable bonds is 6. The summed E-state index contributed by atoms with van der Waals surface area (Å²) in [5.74, 6) is 1.30. The molecule has 2 aromatic rings. The van der Waals surface area contributed by atoms with Crippen LogP contribution in [0.2, 0.25) is 0 Å². The van der Waals surface area contributed by atoms with Gasteiger partial charge in [-0.3, -0.25) is 9.52 Å². The van der Waals surface area contributed by atoms with E-state index in [9.17, 15) is 9.00 Å². The Hall–Kier alpha value is -3.14. The Balaban J connectivity index is 1.55. The number of nitrogens with zero attached hydrogens (tertiary/aromatic N) is 3. The van der Waals surface area contributed by atoms with Gasteiger partial charge in [0.05, 0.1) is 16.8 Å². The largest absolute Gasteiger partial charge is 0.490 e. The van der Waals surface area contributed by atoms with Gasteiger partial charge in [-0.1, -0.05) is 25.3 Å². The number of anilines is 2. The lowest BCUT2D eigenvalue weighted by Gasteiger charge is -2.38. The molecule has 1 amide bonds. The first-order valence-corrected chi connectivity index (χ1v) is 11.7. The van der Waals surface area contributed by atoms with Gasteiger partial charge in [-0.25, -0.2) is 9.19 Å². The first-order valence-electron chi connectivity index (χ1n) is 10.6. The van der Waals surface area contributed by atoms with E-state index in [1.165, 1.54) is 0 Å². The van der Waals surface area contributed by atoms with E-state index in [-0.39, 0.29) is 11.7 Å². The van der Waals surface area contributed by atoms with E-state index in [4.69, 9.17) is 10.5 Å². The van der Waals surface area contributed by atoms with Crippen LogP contribution in [0.4, 0.5) is 11.5 Å². The number of ether oxygens (including phenoxy) is 1. The molecule has 1 aliphatic carbocycles. The normalized spacial score (nSPS) is 19.2. The molecule has 32 heavy (non-hydrogen) atoms. The molecule has 0 radical (unpaired) electrons. The predicted octanol–water partition coefficient (Wildman–Crippen LogP) is 2.37. The van der Waals surface area contributed by atoms with E-state index in [1.54, 1.807) is 24.4 Å². The van der Waals surface area contributed by atoms with Gasteiger partial charge >= 0.3 is 0 Å². The van der Waals surface area contributed by atoms with Gasteiger partial charge in [0.2, 0.25) is 11.2 Å². The summed E-state index contributed by atoms with van der Waals surface area (Å²) < 4.78 is 24.7. The third-order valence-electron chi connectivity index (χ3n) is 5.82. The molecule has 4 rings (SSSR count). The van der Waals surface area contributed by atoms with Crippen LogP contribution in [0.5, 0.6) is 5.75 Å². The molecular formula is C22H28N6O3S. The summed E-state index contributed by atoms with van der Waals surface area (Å²) in [7, 11) is 3.78. The Morgan fingerprint density at radius 3 is 2.81 bits per heavy atom. The molecule has 1 aliphatic heterocycles. The molecule has 1 aromatic heterocycles. The zero-order chi connectivity index (χ0) is 22.7. The van der Waals surface area contributed by atoms with Crippen LogP contribution in [0.3, 0.4) is 0 Å². The minimum absolute atomic E-state index is 0.144. The highest BCUT2D eigenvalue weighted by molar-refractivity contribution is 7.85. The molecule has 1 saturated carbocycles. The Bertz CT molecular complexity index is 1070. The topological polar surface area (TPSA) is 122 Å². The molecule has 2 aliphatic rings. The molecule has 1 unspecified atom stereocenters. The summed E-state index contributed by atoms with van der Waals surface area (Å²) in [5.41, 5.74) is 7.31. The zero-order valence-electron chi connectivity index (χ0n) is 18.3. The van der Waals surface area contributed by atoms with E-state index in [0.717, 1.165) is 37.9 Å². The summed E-state index contributed by atoms with van der Waals surface area (Å²) in [4.78, 5) is 19.3. The molecule has 9 nitrogen and oxygen atoms in total. The predicted molar refractivity (Wildman–Crippen MR) is 126 cm³/mol. The first kappa shape index (κ1) is 22.1. The number of hydrogen-bond donors (Lipinski definition) is 3. The molecule has 170 valence electrons. The average Bonchev–Trinajstić information content (AvgIpc) is 2.78. The second kappa shape index (κ2) is 9.15. The number of amides is 1. The van der Waals surface area contributed by atoms with Crippen LogP contribution in [0, 0.1) is 0 Å². The zero-order valence-corrected chi connectivity index (χ0v) is 19.1. The van der Waals surface area contributed by atoms with E-state index < -0.39 is 16.7 Å². The second-order valence-electron chi connectivity index (χ2n) is 8.39. The van der Waals surface area contributed by atoms with Crippen molar-refractivity contribution in [2.24, 2.45) is 10.1 Å². The number of amidine groups is 1. The lowest BCUT2D eigenvalue weighted by molar-refractivity contribution is 0.0789. The summed E-state index contributed by atoms with van der Waals surface area (Å²) in [6.07, 6.45) is 6.45. The number of carbonyl (C=O) groups is 1. The minimum atomic E-state index is -1.60. The number of aromatic nitrogens is 1. The molecule has 2 heterocycles. The number of benzene rings is 1. The van der Waals surface area contributed by atoms with Gasteiger partial charge < -0.3 is 20.7 Å². The van der Waals surface area contributed by atoms with Gasteiger partial charge in [0.15, 0.2) is 0 Å². The molecular weight excluding hydrogens is 428 g/mol. The SMILES string of the molecule is CN(C)c1cc(C(=O)NC2(COc3cccc4c3C(N)=NS(=O)N4)CCCCC2)ccn1. The molecule has 0 saturated heterocycles. The molecule has 1 atom stereocenters. The van der Waals surface area contributed by atoms with Gasteiger partial charge in [0.1, 0.15) is 24.0 Å². The Kier molecular flexibility index (Phi) is 6.31. The lowest BCUT2D eigenvalue weighted by atomic mass is 9.82. The lowest BCUT2D eigenvalue weighted by Crippen LogP contribution is -2.54. The van der Waals surface area contributed by atoms with E-state index >= 15 is 0 Å². The van der Waals surface area contributed by atoms with Crippen molar-refractivity contribution in [3.05, 3.63) is 47.7 Å². The van der Waals surface area contributed by atoms with Crippen molar-refractivity contribution in [3.63, 3.8) is 0 Å². The van der Waals surface area contributed by atoms with Crippen molar-refractivity contribution in [3.8, 4) is 5.75 Å². The van der Waals surface area contributed by atoms with Crippen LogP contribution in [-0.2, 0) is 11.2 Å². The maximum atomic E-state index is 13.1. The van der Waals surface area contributed by atoms with E-state index in [2.05, 4.69) is 19.4 Å². The highest BCUT2D eigenvalue weighted by Gasteiger charge is 2.35. The van der Waals surface area contributed by atoms with Crippen molar-refractivity contribution in [1.82, 2.24) is 10.3 Å². The Morgan fingerprint density at radius 2 is 2.06 bits per heavy atom. The van der Waals surface area contributed by atoms with Crippen molar-refractivity contribution >= 4 is 34.4 Å². The molecule has 0 spiro atoms. The van der Waals surface area contributed by atoms with E-state index in [1.807, 2.05) is 31.1 Å². The smallest absolute Gasteiger partial charge is 0.252 e. The Labute approximate surface area is 190 Å². The standard InChI is InChI=1S/C22H28N6O3S/c1-28(2)18-13-15(9-12-24-18)21(29)25-22(10-4-3-5-11-22)14-31-17-8-6-7-16-19(17)20(23)27-32(30)26-16/h6-9,12-13,26H,3-5,10-11,14H2,1-2H3,(H2,23,27)(H,25,29). The molecule has 1 aromatic carbocycles. The summed E-state index contributed by atoms with van der Waals surface area (Å²) in [6.45, 7) is 0.303. The average molecular weight is 457 g/mol. The van der Waals surface area contributed by atoms with Gasteiger partial charge in [-0.05, 0) is 37.1 Å². The third-order valence-corrected chi connectivity index (χ3v) is 6.58. The quantitative estimate of drug-likeness (QED) is 0.613. The highest BCUT2D eigenvalue weighted by Crippen LogP contribution is 2.33. The summed E-state index contributed by atoms with van der Waals surface area (Å²) in [5, 5.41) is 3.25. The van der Waals surface area contributed by atoms with Gasteiger partial charge in [-0.2, -0.15) is 4.40 Å². The van der Waals surface area contributed by atoms with E-state index in [0.29, 0.717) is 29.2 Å². The number of nitrogens with two attached hydrogens (primary N) is 1. The number of hydrogen-bond acceptors (Lipinski definition) is 6. The fraction of sp³-hybridized carbons (Fsp3) is 0.409. The van der Waals surface area contributed by atoms with Crippen LogP contribution in [0.1, 0.15) is 48.0 Å². The van der Waals surface area contributed by atoms with Crippen LogP contribution in [0.15, 0.2) is 40.9 Å². The maximum Gasteiger partial charge on any atom is 0.252 e. The molecule has 4 N–H and O–H groups in total.